The number of rotatable bonds is 5. The van der Waals surface area contributed by atoms with Crippen LogP contribution in [0.15, 0.2) is 24.3 Å². The van der Waals surface area contributed by atoms with E-state index in [9.17, 15) is 4.79 Å². The molecule has 1 N–H and O–H groups in total. The van der Waals surface area contributed by atoms with E-state index in [2.05, 4.69) is 12.2 Å². The van der Waals surface area contributed by atoms with Gasteiger partial charge in [-0.05, 0) is 42.5 Å². The zero-order chi connectivity index (χ0) is 15.1. The van der Waals surface area contributed by atoms with Crippen LogP contribution in [0.25, 0.3) is 0 Å². The Labute approximate surface area is 124 Å². The van der Waals surface area contributed by atoms with Crippen molar-refractivity contribution in [3.05, 3.63) is 29.8 Å². The summed E-state index contributed by atoms with van der Waals surface area (Å²) in [4.78, 5) is 11.8. The third-order valence-electron chi connectivity index (χ3n) is 3.77. The lowest BCUT2D eigenvalue weighted by atomic mass is 9.82. The Bertz CT molecular complexity index is 513. The maximum atomic E-state index is 11.8. The average molecular weight is 288 g/mol. The van der Waals surface area contributed by atoms with Crippen LogP contribution in [0.3, 0.4) is 0 Å². The zero-order valence-electron chi connectivity index (χ0n) is 12.2. The number of nitriles is 1. The molecule has 0 aromatic heterocycles. The molecule has 112 valence electrons. The summed E-state index contributed by atoms with van der Waals surface area (Å²) in [6, 6.07) is 8.73. The van der Waals surface area contributed by atoms with Gasteiger partial charge in [-0.15, -0.1) is 0 Å². The average Bonchev–Trinajstić information content (AvgIpc) is 2.52. The van der Waals surface area contributed by atoms with Crippen molar-refractivity contribution < 1.29 is 14.3 Å². The van der Waals surface area contributed by atoms with E-state index in [0.717, 1.165) is 26.1 Å². The van der Waals surface area contributed by atoms with Gasteiger partial charge in [0.15, 0.2) is 6.61 Å². The Balaban J connectivity index is 1.73. The molecule has 2 rings (SSSR count). The fourth-order valence-corrected chi connectivity index (χ4v) is 2.18. The number of amides is 1. The van der Waals surface area contributed by atoms with Crippen molar-refractivity contribution in [3.8, 4) is 11.8 Å². The smallest absolute Gasteiger partial charge is 0.257 e. The van der Waals surface area contributed by atoms with E-state index in [1.165, 1.54) is 0 Å². The normalized spacial score (nSPS) is 16.8. The molecule has 21 heavy (non-hydrogen) atoms. The number of benzene rings is 1. The predicted molar refractivity (Wildman–Crippen MR) is 77.8 cm³/mol. The molecule has 0 saturated carbocycles. The minimum Gasteiger partial charge on any atom is -0.484 e. The summed E-state index contributed by atoms with van der Waals surface area (Å²) >= 11 is 0. The molecule has 0 spiro atoms. The van der Waals surface area contributed by atoms with E-state index < -0.39 is 0 Å². The number of hydrogen-bond acceptors (Lipinski definition) is 4. The van der Waals surface area contributed by atoms with Gasteiger partial charge >= 0.3 is 0 Å². The molecule has 5 heteroatoms. The first-order valence-corrected chi connectivity index (χ1v) is 7.09. The monoisotopic (exact) mass is 288 g/mol. The quantitative estimate of drug-likeness (QED) is 0.898. The molecular weight excluding hydrogens is 268 g/mol. The number of ether oxygens (including phenoxy) is 2. The lowest BCUT2D eigenvalue weighted by molar-refractivity contribution is -0.124. The highest BCUT2D eigenvalue weighted by molar-refractivity contribution is 5.77. The van der Waals surface area contributed by atoms with Crippen LogP contribution < -0.4 is 10.1 Å². The van der Waals surface area contributed by atoms with E-state index in [-0.39, 0.29) is 17.9 Å². The minimum absolute atomic E-state index is 0.0154. The second-order valence-corrected chi connectivity index (χ2v) is 5.62. The number of nitrogens with one attached hydrogen (secondary N) is 1. The van der Waals surface area contributed by atoms with Gasteiger partial charge in [-0.1, -0.05) is 6.92 Å². The molecule has 1 aliphatic heterocycles. The minimum atomic E-state index is -0.132. The van der Waals surface area contributed by atoms with Gasteiger partial charge in [-0.3, -0.25) is 4.79 Å². The van der Waals surface area contributed by atoms with Crippen LogP contribution in [0.5, 0.6) is 5.75 Å². The predicted octanol–water partition coefficient (Wildman–Crippen LogP) is 1.87. The van der Waals surface area contributed by atoms with Gasteiger partial charge in [0.05, 0.1) is 11.6 Å². The van der Waals surface area contributed by atoms with Gasteiger partial charge in [-0.2, -0.15) is 5.26 Å². The molecule has 1 fully saturated rings. The van der Waals surface area contributed by atoms with Crippen LogP contribution in [-0.4, -0.2) is 32.3 Å². The van der Waals surface area contributed by atoms with Crippen molar-refractivity contribution in [1.29, 1.82) is 5.26 Å². The number of carbonyl (C=O) groups is 1. The number of nitrogens with zero attached hydrogens (tertiary/aromatic N) is 1. The second-order valence-electron chi connectivity index (χ2n) is 5.62. The van der Waals surface area contributed by atoms with E-state index in [4.69, 9.17) is 14.7 Å². The summed E-state index contributed by atoms with van der Waals surface area (Å²) in [7, 11) is 0. The van der Waals surface area contributed by atoms with Crippen molar-refractivity contribution in [1.82, 2.24) is 5.32 Å². The summed E-state index contributed by atoms with van der Waals surface area (Å²) < 4.78 is 10.7. The van der Waals surface area contributed by atoms with Gasteiger partial charge in [0.1, 0.15) is 5.75 Å². The van der Waals surface area contributed by atoms with E-state index in [0.29, 0.717) is 17.9 Å². The van der Waals surface area contributed by atoms with Crippen LogP contribution in [0.4, 0.5) is 0 Å². The molecule has 1 amide bonds. The molecule has 0 radical (unpaired) electrons. The number of hydrogen-bond donors (Lipinski definition) is 1. The molecule has 5 nitrogen and oxygen atoms in total. The molecule has 0 unspecified atom stereocenters. The van der Waals surface area contributed by atoms with Crippen LogP contribution in [-0.2, 0) is 9.53 Å². The Hall–Kier alpha value is -2.06. The molecule has 1 saturated heterocycles. The second kappa shape index (κ2) is 7.09. The van der Waals surface area contributed by atoms with Gasteiger partial charge in [0, 0.05) is 19.8 Å². The highest BCUT2D eigenvalue weighted by Gasteiger charge is 2.27. The summed E-state index contributed by atoms with van der Waals surface area (Å²) in [5.41, 5.74) is 0.682. The fraction of sp³-hybridized carbons (Fsp3) is 0.500. The number of carbonyl (C=O) groups excluding carboxylic acids is 1. The van der Waals surface area contributed by atoms with Crippen molar-refractivity contribution >= 4 is 5.91 Å². The summed E-state index contributed by atoms with van der Waals surface area (Å²) in [5.74, 6) is 0.452. The molecule has 1 aromatic carbocycles. The topological polar surface area (TPSA) is 71.3 Å². The molecule has 1 aliphatic rings. The molecule has 1 heterocycles. The van der Waals surface area contributed by atoms with Gasteiger partial charge in [0.25, 0.3) is 5.91 Å². The lowest BCUT2D eigenvalue weighted by Crippen LogP contribution is -2.41. The maximum Gasteiger partial charge on any atom is 0.257 e. The molecule has 0 bridgehead atoms. The van der Waals surface area contributed by atoms with Crippen LogP contribution in [0.1, 0.15) is 25.3 Å². The summed E-state index contributed by atoms with van der Waals surface area (Å²) in [6.45, 7) is 4.31. The van der Waals surface area contributed by atoms with Crippen molar-refractivity contribution in [2.75, 3.05) is 26.4 Å². The molecule has 0 aliphatic carbocycles. The maximum absolute atomic E-state index is 11.8. The standard InChI is InChI=1S/C16H20N2O3/c1-16(6-8-20-9-7-16)12-18-15(19)11-21-14-4-2-13(10-17)3-5-14/h2-5H,6-9,11-12H2,1H3,(H,18,19). The molecule has 0 atom stereocenters. The van der Waals surface area contributed by atoms with Gasteiger partial charge < -0.3 is 14.8 Å². The summed E-state index contributed by atoms with van der Waals surface area (Å²) in [6.07, 6.45) is 1.92. The third-order valence-corrected chi connectivity index (χ3v) is 3.77. The third kappa shape index (κ3) is 4.76. The van der Waals surface area contributed by atoms with E-state index >= 15 is 0 Å². The Morgan fingerprint density at radius 2 is 2.05 bits per heavy atom. The molecular formula is C16H20N2O3. The Morgan fingerprint density at radius 3 is 2.67 bits per heavy atom. The highest BCUT2D eigenvalue weighted by Crippen LogP contribution is 2.28. The van der Waals surface area contributed by atoms with E-state index in [1.54, 1.807) is 24.3 Å². The Kier molecular flexibility index (Phi) is 5.18. The highest BCUT2D eigenvalue weighted by atomic mass is 16.5. The SMILES string of the molecule is CC1(CNC(=O)COc2ccc(C#N)cc2)CCOCC1. The van der Waals surface area contributed by atoms with Crippen molar-refractivity contribution in [2.45, 2.75) is 19.8 Å². The first-order chi connectivity index (χ1) is 10.1. The van der Waals surface area contributed by atoms with Crippen LogP contribution in [0, 0.1) is 16.7 Å². The summed E-state index contributed by atoms with van der Waals surface area (Å²) in [5, 5.41) is 11.6. The van der Waals surface area contributed by atoms with Crippen LogP contribution >= 0.6 is 0 Å². The van der Waals surface area contributed by atoms with E-state index in [1.807, 2.05) is 6.07 Å². The van der Waals surface area contributed by atoms with Crippen LogP contribution in [0.2, 0.25) is 0 Å². The van der Waals surface area contributed by atoms with Gasteiger partial charge in [-0.25, -0.2) is 0 Å². The molecule has 1 aromatic rings. The largest absolute Gasteiger partial charge is 0.484 e. The first-order valence-electron chi connectivity index (χ1n) is 7.09. The first kappa shape index (κ1) is 15.3. The Morgan fingerprint density at radius 1 is 1.38 bits per heavy atom. The van der Waals surface area contributed by atoms with Crippen molar-refractivity contribution in [2.24, 2.45) is 5.41 Å². The lowest BCUT2D eigenvalue weighted by Gasteiger charge is -2.33. The van der Waals surface area contributed by atoms with Crippen molar-refractivity contribution in [3.63, 3.8) is 0 Å². The van der Waals surface area contributed by atoms with Gasteiger partial charge in [0.2, 0.25) is 0 Å². The fourth-order valence-electron chi connectivity index (χ4n) is 2.18. The zero-order valence-corrected chi connectivity index (χ0v) is 12.2.